The number of anilines is 1. The molecular formula is C6H7NO5S. The fourth-order valence-corrected chi connectivity index (χ4v) is 1.22. The molecule has 0 amide bonds. The van der Waals surface area contributed by atoms with E-state index < -0.39 is 16.0 Å². The maximum atomic E-state index is 10.7. The fraction of sp³-hybridized carbons (Fsp3) is 0.167. The van der Waals surface area contributed by atoms with Gasteiger partial charge < -0.3 is 9.52 Å². The molecule has 2 N–H and O–H groups in total. The molecule has 6 nitrogen and oxygen atoms in total. The Hall–Kier alpha value is -1.50. The molecule has 0 atom stereocenters. The zero-order valence-electron chi connectivity index (χ0n) is 6.64. The highest BCUT2D eigenvalue weighted by Gasteiger charge is 2.15. The molecule has 0 aliphatic rings. The topological polar surface area (TPSA) is 96.6 Å². The van der Waals surface area contributed by atoms with E-state index in [0.29, 0.717) is 0 Å². The summed E-state index contributed by atoms with van der Waals surface area (Å²) in [6.45, 7) is 0. The molecule has 13 heavy (non-hydrogen) atoms. The minimum Gasteiger partial charge on any atom is -0.477 e. The van der Waals surface area contributed by atoms with Gasteiger partial charge in [-0.2, -0.15) is 0 Å². The van der Waals surface area contributed by atoms with Gasteiger partial charge in [-0.15, -0.1) is 0 Å². The van der Waals surface area contributed by atoms with E-state index in [9.17, 15) is 13.2 Å². The summed E-state index contributed by atoms with van der Waals surface area (Å²) in [4.78, 5) is 10.5. The van der Waals surface area contributed by atoms with Gasteiger partial charge in [0.2, 0.25) is 15.9 Å². The van der Waals surface area contributed by atoms with Crippen molar-refractivity contribution in [3.63, 3.8) is 0 Å². The van der Waals surface area contributed by atoms with Gasteiger partial charge in [0.25, 0.3) is 0 Å². The predicted molar refractivity (Wildman–Crippen MR) is 44.1 cm³/mol. The fourth-order valence-electron chi connectivity index (χ4n) is 0.725. The van der Waals surface area contributed by atoms with Crippen LogP contribution < -0.4 is 4.72 Å². The first-order valence-electron chi connectivity index (χ1n) is 3.19. The van der Waals surface area contributed by atoms with Gasteiger partial charge >= 0.3 is 5.97 Å². The van der Waals surface area contributed by atoms with Crippen LogP contribution in [0.1, 0.15) is 10.4 Å². The highest BCUT2D eigenvalue weighted by atomic mass is 32.2. The first-order chi connectivity index (χ1) is 5.90. The molecule has 72 valence electrons. The number of nitrogens with one attached hydrogen (secondary N) is 1. The van der Waals surface area contributed by atoms with Crippen LogP contribution in [-0.2, 0) is 10.0 Å². The third-order valence-corrected chi connectivity index (χ3v) is 1.73. The lowest BCUT2D eigenvalue weighted by Crippen LogP contribution is -2.11. The van der Waals surface area contributed by atoms with E-state index in [1.807, 2.05) is 4.72 Å². The summed E-state index contributed by atoms with van der Waals surface area (Å²) < 4.78 is 28.0. The minimum absolute atomic E-state index is 0.217. The molecule has 7 heteroatoms. The zero-order chi connectivity index (χ0) is 10.1. The van der Waals surface area contributed by atoms with Crippen molar-refractivity contribution in [2.75, 3.05) is 11.0 Å². The number of carboxylic acids is 1. The van der Waals surface area contributed by atoms with E-state index >= 15 is 0 Å². The van der Waals surface area contributed by atoms with Crippen molar-refractivity contribution < 1.29 is 22.7 Å². The summed E-state index contributed by atoms with van der Waals surface area (Å²) in [6, 6.07) is 1.16. The maximum absolute atomic E-state index is 10.7. The Morgan fingerprint density at radius 3 is 2.69 bits per heavy atom. The number of furan rings is 1. The molecule has 0 unspecified atom stereocenters. The first-order valence-corrected chi connectivity index (χ1v) is 5.08. The molecule has 0 fully saturated rings. The lowest BCUT2D eigenvalue weighted by atomic mass is 10.3. The van der Waals surface area contributed by atoms with Crippen LogP contribution in [0.3, 0.4) is 0 Å². The largest absolute Gasteiger partial charge is 0.477 e. The number of aromatic carboxylic acids is 1. The molecular weight excluding hydrogens is 198 g/mol. The van der Waals surface area contributed by atoms with Gasteiger partial charge in [-0.1, -0.05) is 0 Å². The van der Waals surface area contributed by atoms with Crippen molar-refractivity contribution in [2.24, 2.45) is 0 Å². The van der Waals surface area contributed by atoms with Gasteiger partial charge in [0.05, 0.1) is 12.5 Å². The van der Waals surface area contributed by atoms with Crippen LogP contribution in [-0.4, -0.2) is 25.7 Å². The molecule has 0 aromatic carbocycles. The predicted octanol–water partition coefficient (Wildman–Crippen LogP) is 0.349. The lowest BCUT2D eigenvalue weighted by Gasteiger charge is -1.99. The molecule has 0 bridgehead atoms. The summed E-state index contributed by atoms with van der Waals surface area (Å²) >= 11 is 0. The Morgan fingerprint density at radius 2 is 2.23 bits per heavy atom. The van der Waals surface area contributed by atoms with Crippen LogP contribution in [0.15, 0.2) is 16.7 Å². The molecule has 1 heterocycles. The highest BCUT2D eigenvalue weighted by molar-refractivity contribution is 7.92. The Balaban J connectivity index is 3.02. The molecule has 0 aliphatic heterocycles. The molecule has 0 saturated heterocycles. The molecule has 1 aromatic heterocycles. The van der Waals surface area contributed by atoms with Crippen LogP contribution >= 0.6 is 0 Å². The summed E-state index contributed by atoms with van der Waals surface area (Å²) in [5.74, 6) is -1.53. The van der Waals surface area contributed by atoms with E-state index in [1.54, 1.807) is 0 Å². The van der Waals surface area contributed by atoms with E-state index in [4.69, 9.17) is 5.11 Å². The third kappa shape index (κ3) is 2.48. The van der Waals surface area contributed by atoms with Gasteiger partial charge in [-0.3, -0.25) is 4.72 Å². The Bertz CT molecular complexity index is 418. The van der Waals surface area contributed by atoms with Gasteiger partial charge in [0, 0.05) is 0 Å². The summed E-state index contributed by atoms with van der Waals surface area (Å²) in [5.41, 5.74) is -0.217. The molecule has 0 saturated carbocycles. The van der Waals surface area contributed by atoms with Crippen LogP contribution in [0.25, 0.3) is 0 Å². The SMILES string of the molecule is CS(=O)(=O)Nc1occc1C(=O)O. The quantitative estimate of drug-likeness (QED) is 0.742. The summed E-state index contributed by atoms with van der Waals surface area (Å²) in [6.07, 6.45) is 2.00. The second-order valence-corrected chi connectivity index (χ2v) is 4.09. The number of carboxylic acid groups (broad SMARTS) is 1. The maximum Gasteiger partial charge on any atom is 0.341 e. The van der Waals surface area contributed by atoms with Crippen LogP contribution in [0.2, 0.25) is 0 Å². The summed E-state index contributed by atoms with van der Waals surface area (Å²) in [5, 5.41) is 8.56. The zero-order valence-corrected chi connectivity index (χ0v) is 7.46. The number of hydrogen-bond acceptors (Lipinski definition) is 4. The Kier molecular flexibility index (Phi) is 2.28. The van der Waals surface area contributed by atoms with Gasteiger partial charge in [0.15, 0.2) is 0 Å². The lowest BCUT2D eigenvalue weighted by molar-refractivity contribution is 0.0697. The number of carbonyl (C=O) groups is 1. The second-order valence-electron chi connectivity index (χ2n) is 2.34. The smallest absolute Gasteiger partial charge is 0.341 e. The monoisotopic (exact) mass is 205 g/mol. The van der Waals surface area contributed by atoms with E-state index in [-0.39, 0.29) is 11.4 Å². The van der Waals surface area contributed by atoms with E-state index in [1.165, 1.54) is 0 Å². The number of hydrogen-bond donors (Lipinski definition) is 2. The molecule has 0 radical (unpaired) electrons. The van der Waals surface area contributed by atoms with E-state index in [0.717, 1.165) is 18.6 Å². The molecule has 1 aromatic rings. The standard InChI is InChI=1S/C6H7NO5S/c1-13(10,11)7-5-4(6(8)9)2-3-12-5/h2-3,7H,1H3,(H,8,9). The van der Waals surface area contributed by atoms with Crippen molar-refractivity contribution in [2.45, 2.75) is 0 Å². The average Bonchev–Trinajstić information content (AvgIpc) is 2.31. The van der Waals surface area contributed by atoms with Crippen molar-refractivity contribution in [3.8, 4) is 0 Å². The van der Waals surface area contributed by atoms with Crippen LogP contribution in [0, 0.1) is 0 Å². The van der Waals surface area contributed by atoms with Crippen molar-refractivity contribution in [1.29, 1.82) is 0 Å². The van der Waals surface area contributed by atoms with Crippen molar-refractivity contribution in [3.05, 3.63) is 17.9 Å². The Labute approximate surface area is 74.2 Å². The van der Waals surface area contributed by atoms with Crippen LogP contribution in [0.5, 0.6) is 0 Å². The second kappa shape index (κ2) is 3.09. The Morgan fingerprint density at radius 1 is 1.62 bits per heavy atom. The van der Waals surface area contributed by atoms with Crippen molar-refractivity contribution >= 4 is 21.9 Å². The highest BCUT2D eigenvalue weighted by Crippen LogP contribution is 2.17. The minimum atomic E-state index is -3.51. The summed E-state index contributed by atoms with van der Waals surface area (Å²) in [7, 11) is -3.51. The van der Waals surface area contributed by atoms with Gasteiger partial charge in [-0.05, 0) is 6.07 Å². The molecule has 0 aliphatic carbocycles. The normalized spacial score (nSPS) is 11.2. The molecule has 1 rings (SSSR count). The van der Waals surface area contributed by atoms with E-state index in [2.05, 4.69) is 4.42 Å². The number of rotatable bonds is 3. The van der Waals surface area contributed by atoms with Gasteiger partial charge in [-0.25, -0.2) is 13.2 Å². The molecule has 0 spiro atoms. The average molecular weight is 205 g/mol. The van der Waals surface area contributed by atoms with Crippen LogP contribution in [0.4, 0.5) is 5.88 Å². The number of sulfonamides is 1. The third-order valence-electron chi connectivity index (χ3n) is 1.17. The van der Waals surface area contributed by atoms with Crippen molar-refractivity contribution in [1.82, 2.24) is 0 Å². The van der Waals surface area contributed by atoms with Gasteiger partial charge in [0.1, 0.15) is 5.56 Å². The first kappa shape index (κ1) is 9.59.